The number of aliphatic carboxylic acids is 1. The molecule has 1 fully saturated rings. The molecule has 1 saturated heterocycles. The van der Waals surface area contributed by atoms with E-state index in [1.807, 2.05) is 24.3 Å². The highest BCUT2D eigenvalue weighted by atomic mass is 16.4. The first kappa shape index (κ1) is 27.6. The maximum atomic E-state index is 13.5. The molecule has 1 aliphatic heterocycles. The Balaban J connectivity index is 1.88. The molecule has 4 unspecified atom stereocenters. The fourth-order valence-electron chi connectivity index (χ4n) is 4.40. The Bertz CT molecular complexity index is 1170. The molecule has 0 radical (unpaired) electrons. The minimum absolute atomic E-state index is 0.0457. The second-order valence-corrected chi connectivity index (χ2v) is 9.01. The second kappa shape index (κ2) is 12.3. The number of H-pyrrole nitrogens is 1. The summed E-state index contributed by atoms with van der Waals surface area (Å²) in [4.78, 5) is 66.4. The average Bonchev–Trinajstić information content (AvgIpc) is 3.52. The summed E-state index contributed by atoms with van der Waals surface area (Å²) in [7, 11) is 0. The average molecular weight is 517 g/mol. The molecule has 2 aromatic rings. The van der Waals surface area contributed by atoms with Crippen molar-refractivity contribution in [2.24, 2.45) is 11.5 Å². The number of hydrogen-bond donors (Lipinski definition) is 7. The van der Waals surface area contributed by atoms with E-state index in [1.54, 1.807) is 6.20 Å². The Morgan fingerprint density at radius 3 is 2.49 bits per heavy atom. The van der Waals surface area contributed by atoms with E-state index in [0.717, 1.165) is 16.5 Å². The molecule has 0 spiro atoms. The third-order valence-corrected chi connectivity index (χ3v) is 6.38. The molecule has 13 heteroatoms. The highest BCUT2D eigenvalue weighted by molar-refractivity contribution is 5.95. The van der Waals surface area contributed by atoms with Crippen molar-refractivity contribution in [3.63, 3.8) is 0 Å². The molecular formula is C24H32N6O7. The van der Waals surface area contributed by atoms with E-state index >= 15 is 0 Å². The summed E-state index contributed by atoms with van der Waals surface area (Å²) in [5, 5.41) is 24.6. The molecule has 4 atom stereocenters. The first-order valence-corrected chi connectivity index (χ1v) is 12.0. The normalized spacial score (nSPS) is 17.7. The van der Waals surface area contributed by atoms with Gasteiger partial charge < -0.3 is 42.2 Å². The number of carboxylic acids is 1. The van der Waals surface area contributed by atoms with E-state index in [-0.39, 0.29) is 25.8 Å². The predicted molar refractivity (Wildman–Crippen MR) is 132 cm³/mol. The molecule has 37 heavy (non-hydrogen) atoms. The van der Waals surface area contributed by atoms with Gasteiger partial charge in [-0.15, -0.1) is 0 Å². The summed E-state index contributed by atoms with van der Waals surface area (Å²) in [6.45, 7) is -0.438. The van der Waals surface area contributed by atoms with E-state index in [0.29, 0.717) is 12.8 Å². The van der Waals surface area contributed by atoms with Crippen LogP contribution in [0.3, 0.4) is 0 Å². The van der Waals surface area contributed by atoms with Gasteiger partial charge in [0.1, 0.15) is 24.2 Å². The van der Waals surface area contributed by atoms with E-state index in [1.165, 1.54) is 4.90 Å². The number of primary amides is 1. The molecule has 0 saturated carbocycles. The Kier molecular flexibility index (Phi) is 9.20. The minimum atomic E-state index is -1.30. The number of aromatic nitrogens is 1. The van der Waals surface area contributed by atoms with Crippen LogP contribution < -0.4 is 22.1 Å². The van der Waals surface area contributed by atoms with Crippen LogP contribution in [0.25, 0.3) is 10.9 Å². The molecular weight excluding hydrogens is 484 g/mol. The Morgan fingerprint density at radius 2 is 1.81 bits per heavy atom. The maximum Gasteiger partial charge on any atom is 0.326 e. The van der Waals surface area contributed by atoms with Crippen LogP contribution in [0.4, 0.5) is 0 Å². The quantitative estimate of drug-likeness (QED) is 0.173. The van der Waals surface area contributed by atoms with Crippen molar-refractivity contribution in [3.8, 4) is 0 Å². The van der Waals surface area contributed by atoms with Crippen LogP contribution in [0.15, 0.2) is 30.5 Å². The number of aliphatic hydroxyl groups is 1. The minimum Gasteiger partial charge on any atom is -0.480 e. The van der Waals surface area contributed by atoms with Gasteiger partial charge in [0.15, 0.2) is 0 Å². The molecule has 4 amide bonds. The number of benzene rings is 1. The molecule has 0 aliphatic carbocycles. The fraction of sp³-hybridized carbons (Fsp3) is 0.458. The lowest BCUT2D eigenvalue weighted by molar-refractivity contribution is -0.149. The number of para-hydroxylation sites is 1. The predicted octanol–water partition coefficient (Wildman–Crippen LogP) is -1.66. The standard InChI is InChI=1S/C24H32N6O7/c25-15(12-31)21(33)28-17(7-8-20(26)32)22(34)29-18(23(35)30-9-3-6-19(30)24(36)37)10-13-11-27-16-5-2-1-4-14(13)16/h1-2,4-5,11,15,17-19,27,31H,3,6-10,12,25H2,(H2,26,32)(H,28,33)(H,29,34)(H,36,37). The molecule has 0 bridgehead atoms. The number of rotatable bonds is 12. The lowest BCUT2D eigenvalue weighted by Crippen LogP contribution is -2.58. The fourth-order valence-corrected chi connectivity index (χ4v) is 4.40. The Morgan fingerprint density at radius 1 is 1.11 bits per heavy atom. The summed E-state index contributed by atoms with van der Waals surface area (Å²) in [6, 6.07) is 2.64. The van der Waals surface area contributed by atoms with E-state index in [2.05, 4.69) is 15.6 Å². The highest BCUT2D eigenvalue weighted by Crippen LogP contribution is 2.23. The molecule has 2 heterocycles. The number of likely N-dealkylation sites (tertiary alicyclic amines) is 1. The van der Waals surface area contributed by atoms with Crippen molar-refractivity contribution in [3.05, 3.63) is 36.0 Å². The number of fused-ring (bicyclic) bond motifs is 1. The van der Waals surface area contributed by atoms with Crippen molar-refractivity contribution in [1.29, 1.82) is 0 Å². The maximum absolute atomic E-state index is 13.5. The second-order valence-electron chi connectivity index (χ2n) is 9.01. The monoisotopic (exact) mass is 516 g/mol. The number of nitrogens with zero attached hydrogens (tertiary/aromatic N) is 1. The van der Waals surface area contributed by atoms with Crippen LogP contribution in [-0.4, -0.2) is 87.0 Å². The first-order valence-electron chi connectivity index (χ1n) is 12.0. The van der Waals surface area contributed by atoms with Gasteiger partial charge in [0, 0.05) is 36.5 Å². The zero-order valence-corrected chi connectivity index (χ0v) is 20.2. The molecule has 1 aromatic heterocycles. The number of nitrogens with two attached hydrogens (primary N) is 2. The SMILES string of the molecule is NC(=O)CCC(NC(=O)C(N)CO)C(=O)NC(Cc1c[nH]c2ccccc12)C(=O)N1CCCC1C(=O)O. The van der Waals surface area contributed by atoms with Gasteiger partial charge in [-0.2, -0.15) is 0 Å². The lowest BCUT2D eigenvalue weighted by Gasteiger charge is -2.29. The van der Waals surface area contributed by atoms with Crippen molar-refractivity contribution in [2.75, 3.05) is 13.2 Å². The van der Waals surface area contributed by atoms with Gasteiger partial charge in [-0.05, 0) is 30.9 Å². The number of amides is 4. The number of carbonyl (C=O) groups excluding carboxylic acids is 4. The third kappa shape index (κ3) is 6.83. The van der Waals surface area contributed by atoms with Gasteiger partial charge >= 0.3 is 5.97 Å². The molecule has 3 rings (SSSR count). The van der Waals surface area contributed by atoms with Crippen LogP contribution in [0.1, 0.15) is 31.2 Å². The van der Waals surface area contributed by atoms with Crippen molar-refractivity contribution in [1.82, 2.24) is 20.5 Å². The van der Waals surface area contributed by atoms with Gasteiger partial charge in [-0.1, -0.05) is 18.2 Å². The van der Waals surface area contributed by atoms with Crippen LogP contribution in [-0.2, 0) is 30.4 Å². The zero-order valence-electron chi connectivity index (χ0n) is 20.2. The summed E-state index contributed by atoms with van der Waals surface area (Å²) >= 11 is 0. The molecule has 200 valence electrons. The first-order chi connectivity index (χ1) is 17.6. The molecule has 13 nitrogen and oxygen atoms in total. The lowest BCUT2D eigenvalue weighted by atomic mass is 10.0. The topological polar surface area (TPSA) is 221 Å². The van der Waals surface area contributed by atoms with E-state index in [4.69, 9.17) is 16.6 Å². The third-order valence-electron chi connectivity index (χ3n) is 6.38. The molecule has 1 aromatic carbocycles. The Hall–Kier alpha value is -3.97. The van der Waals surface area contributed by atoms with Gasteiger partial charge in [-0.25, -0.2) is 4.79 Å². The van der Waals surface area contributed by atoms with Gasteiger partial charge in [-0.3, -0.25) is 19.2 Å². The largest absolute Gasteiger partial charge is 0.480 e. The molecule has 1 aliphatic rings. The summed E-state index contributed by atoms with van der Waals surface area (Å²) < 4.78 is 0. The zero-order chi connectivity index (χ0) is 27.1. The summed E-state index contributed by atoms with van der Waals surface area (Å²) in [5.74, 6) is -4.00. The smallest absolute Gasteiger partial charge is 0.326 e. The highest BCUT2D eigenvalue weighted by Gasteiger charge is 2.38. The number of nitrogens with one attached hydrogen (secondary N) is 3. The molecule has 9 N–H and O–H groups in total. The van der Waals surface area contributed by atoms with Crippen molar-refractivity contribution < 1.29 is 34.2 Å². The van der Waals surface area contributed by atoms with Crippen molar-refractivity contribution >= 4 is 40.5 Å². The van der Waals surface area contributed by atoms with Crippen LogP contribution in [0.5, 0.6) is 0 Å². The number of hydrogen-bond acceptors (Lipinski definition) is 7. The van der Waals surface area contributed by atoms with E-state index < -0.39 is 60.4 Å². The van der Waals surface area contributed by atoms with Crippen LogP contribution in [0.2, 0.25) is 0 Å². The van der Waals surface area contributed by atoms with Gasteiger partial charge in [0.25, 0.3) is 0 Å². The van der Waals surface area contributed by atoms with Crippen LogP contribution >= 0.6 is 0 Å². The van der Waals surface area contributed by atoms with Gasteiger partial charge in [0.2, 0.25) is 23.6 Å². The number of aliphatic hydroxyl groups excluding tert-OH is 1. The van der Waals surface area contributed by atoms with Crippen molar-refractivity contribution in [2.45, 2.75) is 56.3 Å². The Labute approximate surface area is 212 Å². The summed E-state index contributed by atoms with van der Waals surface area (Å²) in [6.07, 6.45) is 2.16. The summed E-state index contributed by atoms with van der Waals surface area (Å²) in [5.41, 5.74) is 12.3. The number of carbonyl (C=O) groups is 5. The van der Waals surface area contributed by atoms with E-state index in [9.17, 15) is 29.1 Å². The number of carboxylic acid groups (broad SMARTS) is 1. The number of aromatic amines is 1. The van der Waals surface area contributed by atoms with Crippen LogP contribution in [0, 0.1) is 0 Å². The van der Waals surface area contributed by atoms with Gasteiger partial charge in [0.05, 0.1) is 6.61 Å².